The van der Waals surface area contributed by atoms with Gasteiger partial charge in [0, 0.05) is 87.7 Å². The Morgan fingerprint density at radius 3 is 2.24 bits per heavy atom. The van der Waals surface area contributed by atoms with Crippen molar-refractivity contribution in [1.29, 1.82) is 0 Å². The van der Waals surface area contributed by atoms with Crippen molar-refractivity contribution < 1.29 is 58.9 Å². The van der Waals surface area contributed by atoms with Gasteiger partial charge in [0.1, 0.15) is 23.4 Å². The van der Waals surface area contributed by atoms with E-state index < -0.39 is 94.7 Å². The number of rotatable bonds is 4. The number of aliphatic hydroxyl groups is 2. The third-order valence-electron chi connectivity index (χ3n) is 12.1. The standard InChI is InChI=1S/C43H60N4O12/c1-21-12-11-13-22(2)42(55)45-33-28(20-44-47-17-15-46(9)16-18-47)37(52)30-31(38(33)53)36(51)26(6)40-32(30)41(54)43(8,59-40)57-19-14-29(56-10)23(3)39(58-27(7)48)25(5)35(50)24(4)34(21)49/h11-12,14,19-25,29,34-35,39,49-53H,13,15-18H2,1-10H3,(H,45,55)/b12-11+,19-14+,44-20+/t21-,22+,23+,24+,25+,29-,34-,35+,39+,43-/m0/s1. The lowest BCUT2D eigenvalue weighted by molar-refractivity contribution is -0.160. The maximum absolute atomic E-state index is 14.4. The van der Waals surface area contributed by atoms with Crippen LogP contribution in [0.25, 0.3) is 10.8 Å². The van der Waals surface area contributed by atoms with Crippen molar-refractivity contribution in [3.8, 4) is 23.0 Å². The number of phenolic OH excluding ortho intramolecular Hbond substituents is 3. The van der Waals surface area contributed by atoms with Crippen LogP contribution in [0.5, 0.6) is 23.0 Å². The topological polar surface area (TPSA) is 220 Å². The smallest absolute Gasteiger partial charge is 0.312 e. The summed E-state index contributed by atoms with van der Waals surface area (Å²) in [6, 6.07) is 0. The number of hydrogen-bond donors (Lipinski definition) is 6. The number of amides is 1. The highest BCUT2D eigenvalue weighted by molar-refractivity contribution is 6.23. The zero-order chi connectivity index (χ0) is 43.7. The number of anilines is 1. The minimum absolute atomic E-state index is 0.0673. The average molecular weight is 825 g/mol. The van der Waals surface area contributed by atoms with Crippen molar-refractivity contribution in [3.63, 3.8) is 0 Å². The second kappa shape index (κ2) is 18.2. The Labute approximate surface area is 345 Å². The summed E-state index contributed by atoms with van der Waals surface area (Å²) in [4.78, 5) is 42.7. The monoisotopic (exact) mass is 824 g/mol. The number of hydrogen-bond acceptors (Lipinski definition) is 15. The maximum atomic E-state index is 14.4. The van der Waals surface area contributed by atoms with E-state index in [2.05, 4.69) is 15.3 Å². The lowest BCUT2D eigenvalue weighted by atomic mass is 9.78. The van der Waals surface area contributed by atoms with Crippen LogP contribution >= 0.6 is 0 Å². The Hall–Kier alpha value is -4.90. The second-order valence-corrected chi connectivity index (χ2v) is 16.5. The molecule has 16 heteroatoms. The number of hydrazone groups is 1. The fourth-order valence-electron chi connectivity index (χ4n) is 8.11. The number of nitrogens with zero attached hydrogens (tertiary/aromatic N) is 3. The Kier molecular flexibility index (Phi) is 13.9. The number of ether oxygens (including phenoxy) is 4. The summed E-state index contributed by atoms with van der Waals surface area (Å²) >= 11 is 0. The molecule has 6 rings (SSSR count). The summed E-state index contributed by atoms with van der Waals surface area (Å²) in [5, 5.41) is 67.1. The lowest BCUT2D eigenvalue weighted by Gasteiger charge is -2.38. The van der Waals surface area contributed by atoms with Gasteiger partial charge in [-0.2, -0.15) is 5.10 Å². The number of piperazine rings is 1. The predicted molar refractivity (Wildman–Crippen MR) is 221 cm³/mol. The van der Waals surface area contributed by atoms with E-state index >= 15 is 0 Å². The largest absolute Gasteiger partial charge is 0.507 e. The minimum atomic E-state index is -2.04. The molecule has 2 aromatic rings. The van der Waals surface area contributed by atoms with E-state index in [-0.39, 0.29) is 45.3 Å². The number of methoxy groups -OCH3 is 1. The van der Waals surface area contributed by atoms with E-state index in [1.807, 2.05) is 7.05 Å². The van der Waals surface area contributed by atoms with Gasteiger partial charge in [-0.1, -0.05) is 46.8 Å². The van der Waals surface area contributed by atoms with E-state index in [1.54, 1.807) is 51.8 Å². The molecule has 6 N–H and O–H groups in total. The molecule has 0 unspecified atom stereocenters. The Morgan fingerprint density at radius 2 is 1.61 bits per heavy atom. The molecule has 5 bridgehead atoms. The molecule has 1 fully saturated rings. The normalized spacial score (nSPS) is 32.5. The molecule has 4 aliphatic rings. The molecule has 0 aromatic heterocycles. The highest BCUT2D eigenvalue weighted by Gasteiger charge is 2.50. The first-order valence-electron chi connectivity index (χ1n) is 20.1. The third-order valence-corrected chi connectivity index (χ3v) is 12.1. The molecule has 4 aliphatic heterocycles. The molecule has 59 heavy (non-hydrogen) atoms. The average Bonchev–Trinajstić information content (AvgIpc) is 3.46. The Balaban J connectivity index is 1.68. The highest BCUT2D eigenvalue weighted by atomic mass is 16.7. The van der Waals surface area contributed by atoms with Crippen LogP contribution in [0.4, 0.5) is 5.69 Å². The van der Waals surface area contributed by atoms with Gasteiger partial charge in [0.05, 0.1) is 53.0 Å². The fraction of sp³-hybridized carbons (Fsp3) is 0.581. The van der Waals surface area contributed by atoms with Gasteiger partial charge in [-0.05, 0) is 26.5 Å². The summed E-state index contributed by atoms with van der Waals surface area (Å²) in [6.07, 6.45) is 3.90. The Bertz CT molecular complexity index is 2010. The molecule has 0 spiro atoms. The number of aromatic hydroxyl groups is 3. The number of Topliss-reactive ketones (excluding diaryl/α,β-unsaturated/α-hetero) is 1. The van der Waals surface area contributed by atoms with Gasteiger partial charge >= 0.3 is 11.8 Å². The van der Waals surface area contributed by atoms with Gasteiger partial charge in [-0.3, -0.25) is 19.4 Å². The summed E-state index contributed by atoms with van der Waals surface area (Å²) in [5.74, 6) is -8.72. The molecule has 10 atom stereocenters. The molecule has 0 radical (unpaired) electrons. The first kappa shape index (κ1) is 45.2. The van der Waals surface area contributed by atoms with Gasteiger partial charge in [0.25, 0.3) is 5.78 Å². The van der Waals surface area contributed by atoms with Crippen LogP contribution in [0.1, 0.15) is 76.4 Å². The van der Waals surface area contributed by atoms with Crippen LogP contribution in [-0.2, 0) is 23.8 Å². The predicted octanol–water partition coefficient (Wildman–Crippen LogP) is 4.42. The second-order valence-electron chi connectivity index (χ2n) is 16.5. The summed E-state index contributed by atoms with van der Waals surface area (Å²) < 4.78 is 23.6. The van der Waals surface area contributed by atoms with Gasteiger partial charge in [0.15, 0.2) is 5.75 Å². The van der Waals surface area contributed by atoms with Crippen molar-refractivity contribution in [2.45, 2.75) is 92.0 Å². The number of nitrogens with one attached hydrogen (secondary N) is 1. The first-order chi connectivity index (χ1) is 27.7. The molecular weight excluding hydrogens is 764 g/mol. The lowest BCUT2D eigenvalue weighted by Crippen LogP contribution is -2.46. The zero-order valence-electron chi connectivity index (χ0n) is 35.6. The number of ketones is 1. The molecule has 0 saturated carbocycles. The quantitative estimate of drug-likeness (QED) is 0.0827. The number of phenols is 3. The minimum Gasteiger partial charge on any atom is -0.507 e. The van der Waals surface area contributed by atoms with Crippen LogP contribution in [-0.4, -0.2) is 130 Å². The van der Waals surface area contributed by atoms with E-state index in [1.165, 1.54) is 46.4 Å². The van der Waals surface area contributed by atoms with Crippen molar-refractivity contribution >= 4 is 40.3 Å². The van der Waals surface area contributed by atoms with E-state index in [4.69, 9.17) is 18.9 Å². The molecule has 4 heterocycles. The van der Waals surface area contributed by atoms with E-state index in [0.717, 1.165) is 13.1 Å². The highest BCUT2D eigenvalue weighted by Crippen LogP contribution is 2.55. The summed E-state index contributed by atoms with van der Waals surface area (Å²) in [5.41, 5.74) is -0.430. The fourth-order valence-corrected chi connectivity index (χ4v) is 8.11. The molecule has 16 nitrogen and oxygen atoms in total. The van der Waals surface area contributed by atoms with Crippen LogP contribution < -0.4 is 10.1 Å². The van der Waals surface area contributed by atoms with Crippen molar-refractivity contribution in [2.24, 2.45) is 34.7 Å². The van der Waals surface area contributed by atoms with Gasteiger partial charge in [0.2, 0.25) is 5.91 Å². The van der Waals surface area contributed by atoms with Gasteiger partial charge < -0.3 is 54.7 Å². The number of aliphatic hydroxyl groups excluding tert-OH is 2. The molecule has 1 saturated heterocycles. The van der Waals surface area contributed by atoms with Crippen LogP contribution in [0.15, 0.2) is 29.6 Å². The van der Waals surface area contributed by atoms with Gasteiger partial charge in [-0.25, -0.2) is 0 Å². The SMILES string of the molecule is CO[C@H]1/C=C/O[C@@]2(C)Oc3c(C)c(O)c4c(O)c(c(/C=N/N5CCN(C)CC5)c(O)c4c3C2=O)NC(=O)[C@H](C)C/C=C/[C@H](C)[C@H](O)[C@@H](C)[C@@H](O)[C@@H](C)[C@H](OC(C)=O)[C@@H]1C. The number of allylic oxidation sites excluding steroid dienone is 1. The summed E-state index contributed by atoms with van der Waals surface area (Å²) in [7, 11) is 3.43. The van der Waals surface area contributed by atoms with Crippen molar-refractivity contribution in [3.05, 3.63) is 41.2 Å². The number of esters is 1. The van der Waals surface area contributed by atoms with Crippen LogP contribution in [0, 0.1) is 36.5 Å². The molecular formula is C43H60N4O12. The van der Waals surface area contributed by atoms with E-state index in [9.17, 15) is 39.9 Å². The van der Waals surface area contributed by atoms with Crippen LogP contribution in [0.2, 0.25) is 0 Å². The van der Waals surface area contributed by atoms with Crippen molar-refractivity contribution in [2.75, 3.05) is 45.7 Å². The third kappa shape index (κ3) is 9.00. The van der Waals surface area contributed by atoms with E-state index in [0.29, 0.717) is 13.1 Å². The maximum Gasteiger partial charge on any atom is 0.312 e. The number of likely N-dealkylation sites (N-methyl/N-ethyl adjacent to an activating group) is 1. The number of fused-ring (bicyclic) bond motifs is 15. The van der Waals surface area contributed by atoms with Gasteiger partial charge in [-0.15, -0.1) is 0 Å². The first-order valence-corrected chi connectivity index (χ1v) is 20.1. The summed E-state index contributed by atoms with van der Waals surface area (Å²) in [6.45, 7) is 15.3. The molecule has 324 valence electrons. The zero-order valence-corrected chi connectivity index (χ0v) is 35.6. The van der Waals surface area contributed by atoms with Crippen LogP contribution in [0.3, 0.4) is 0 Å². The number of carbonyl (C=O) groups is 3. The molecule has 0 aliphatic carbocycles. The van der Waals surface area contributed by atoms with Crippen molar-refractivity contribution in [1.82, 2.24) is 9.91 Å². The number of benzene rings is 2. The molecule has 2 aromatic carbocycles. The molecule has 1 amide bonds. The number of carbonyl (C=O) groups excluding carboxylic acids is 3. The Morgan fingerprint density at radius 1 is 0.949 bits per heavy atom.